The minimum Gasteiger partial charge on any atom is -0.316 e. The molecule has 0 fully saturated rings. The highest BCUT2D eigenvalue weighted by Crippen LogP contribution is 2.43. The predicted molar refractivity (Wildman–Crippen MR) is 213 cm³/mol. The van der Waals surface area contributed by atoms with Crippen LogP contribution in [0.1, 0.15) is 0 Å². The molecule has 0 amide bonds. The van der Waals surface area contributed by atoms with E-state index in [9.17, 15) is 0 Å². The van der Waals surface area contributed by atoms with Gasteiger partial charge >= 0.3 is 0 Å². The number of nitrogens with zero attached hydrogens (tertiary/aromatic N) is 5. The van der Waals surface area contributed by atoms with Crippen molar-refractivity contribution in [1.82, 2.24) is 24.1 Å². The van der Waals surface area contributed by atoms with Gasteiger partial charge in [-0.1, -0.05) is 133 Å². The van der Waals surface area contributed by atoms with Crippen molar-refractivity contribution >= 4 is 32.7 Å². The number of hydrogen-bond acceptors (Lipinski definition) is 3. The molecule has 0 spiro atoms. The van der Waals surface area contributed by atoms with Gasteiger partial charge in [0.05, 0.1) is 16.6 Å². The Labute approximate surface area is 300 Å². The van der Waals surface area contributed by atoms with Crippen molar-refractivity contribution < 1.29 is 0 Å². The molecule has 0 aliphatic carbocycles. The summed E-state index contributed by atoms with van der Waals surface area (Å²) in [5.41, 5.74) is 10.8. The Balaban J connectivity index is 1.25. The van der Waals surface area contributed by atoms with Crippen LogP contribution in [0, 0.1) is 0 Å². The van der Waals surface area contributed by atoms with Crippen LogP contribution in [0.3, 0.4) is 0 Å². The fourth-order valence-electron chi connectivity index (χ4n) is 7.42. The molecule has 0 N–H and O–H groups in total. The Kier molecular flexibility index (Phi) is 7.07. The molecule has 10 aromatic rings. The van der Waals surface area contributed by atoms with Crippen molar-refractivity contribution in [2.75, 3.05) is 0 Å². The van der Waals surface area contributed by atoms with E-state index < -0.39 is 0 Å². The van der Waals surface area contributed by atoms with Gasteiger partial charge in [0.1, 0.15) is 0 Å². The monoisotopic (exact) mass is 665 g/mol. The lowest BCUT2D eigenvalue weighted by Gasteiger charge is -2.14. The van der Waals surface area contributed by atoms with E-state index in [0.717, 1.165) is 44.7 Å². The van der Waals surface area contributed by atoms with Gasteiger partial charge in [-0.3, -0.25) is 0 Å². The fourth-order valence-corrected chi connectivity index (χ4v) is 7.42. The quantitative estimate of drug-likeness (QED) is 0.178. The SMILES string of the molecule is c1ccc(-c2nc(-c3ccccc3)nc(-c3cccc(-c4cc5c6ccccc6n(-c6ccccc6)c5c5ccn(-c6ccccc6)c45)c3)n2)cc1. The van der Waals surface area contributed by atoms with Crippen LogP contribution in [-0.2, 0) is 0 Å². The van der Waals surface area contributed by atoms with Gasteiger partial charge in [0.15, 0.2) is 17.5 Å². The second-order valence-corrected chi connectivity index (χ2v) is 12.9. The molecule has 5 heteroatoms. The highest BCUT2D eigenvalue weighted by Gasteiger charge is 2.21. The van der Waals surface area contributed by atoms with Crippen LogP contribution in [0.15, 0.2) is 188 Å². The third kappa shape index (κ3) is 4.98. The molecule has 0 saturated carbocycles. The van der Waals surface area contributed by atoms with Crippen LogP contribution in [0.4, 0.5) is 0 Å². The summed E-state index contributed by atoms with van der Waals surface area (Å²) in [6.45, 7) is 0. The summed E-state index contributed by atoms with van der Waals surface area (Å²) in [4.78, 5) is 15.0. The summed E-state index contributed by atoms with van der Waals surface area (Å²) in [6.07, 6.45) is 2.20. The molecular weight excluding hydrogens is 635 g/mol. The average molecular weight is 666 g/mol. The van der Waals surface area contributed by atoms with Crippen molar-refractivity contribution in [3.63, 3.8) is 0 Å². The van der Waals surface area contributed by atoms with Gasteiger partial charge < -0.3 is 9.13 Å². The molecule has 0 saturated heterocycles. The third-order valence-corrected chi connectivity index (χ3v) is 9.78. The Morgan fingerprint density at radius 1 is 0.346 bits per heavy atom. The first-order chi connectivity index (χ1) is 25.8. The first-order valence-corrected chi connectivity index (χ1v) is 17.5. The molecule has 7 aromatic carbocycles. The minimum atomic E-state index is 0.631. The first-order valence-electron chi connectivity index (χ1n) is 17.5. The molecule has 0 bridgehead atoms. The summed E-state index contributed by atoms with van der Waals surface area (Å²) < 4.78 is 4.72. The fraction of sp³-hybridized carbons (Fsp3) is 0. The molecule has 5 nitrogen and oxygen atoms in total. The number of hydrogen-bond donors (Lipinski definition) is 0. The van der Waals surface area contributed by atoms with Crippen molar-refractivity contribution in [2.24, 2.45) is 0 Å². The highest BCUT2D eigenvalue weighted by atomic mass is 15.0. The zero-order chi connectivity index (χ0) is 34.4. The van der Waals surface area contributed by atoms with Crippen LogP contribution in [0.5, 0.6) is 0 Å². The van der Waals surface area contributed by atoms with E-state index in [1.807, 2.05) is 60.7 Å². The van der Waals surface area contributed by atoms with E-state index in [0.29, 0.717) is 17.5 Å². The molecule has 244 valence electrons. The lowest BCUT2D eigenvalue weighted by atomic mass is 9.97. The molecular formula is C47H31N5. The van der Waals surface area contributed by atoms with Crippen molar-refractivity contribution in [1.29, 1.82) is 0 Å². The van der Waals surface area contributed by atoms with Gasteiger partial charge in [-0.15, -0.1) is 0 Å². The lowest BCUT2D eigenvalue weighted by Crippen LogP contribution is -2.00. The summed E-state index contributed by atoms with van der Waals surface area (Å²) in [6, 6.07) is 63.4. The minimum absolute atomic E-state index is 0.631. The van der Waals surface area contributed by atoms with E-state index >= 15 is 0 Å². The highest BCUT2D eigenvalue weighted by molar-refractivity contribution is 6.22. The smallest absolute Gasteiger partial charge is 0.164 e. The average Bonchev–Trinajstić information content (AvgIpc) is 3.82. The molecule has 3 aromatic heterocycles. The maximum Gasteiger partial charge on any atom is 0.164 e. The van der Waals surface area contributed by atoms with Crippen LogP contribution in [0.25, 0.3) is 89.4 Å². The maximum atomic E-state index is 5.05. The molecule has 0 aliphatic heterocycles. The van der Waals surface area contributed by atoms with Crippen molar-refractivity contribution in [3.05, 3.63) is 188 Å². The van der Waals surface area contributed by atoms with Gasteiger partial charge in [-0.25, -0.2) is 15.0 Å². The van der Waals surface area contributed by atoms with E-state index in [4.69, 9.17) is 15.0 Å². The molecule has 10 rings (SSSR count). The van der Waals surface area contributed by atoms with E-state index in [1.54, 1.807) is 0 Å². The number of para-hydroxylation sites is 3. The van der Waals surface area contributed by atoms with E-state index in [-0.39, 0.29) is 0 Å². The van der Waals surface area contributed by atoms with E-state index in [1.165, 1.54) is 27.2 Å². The molecule has 0 unspecified atom stereocenters. The lowest BCUT2D eigenvalue weighted by molar-refractivity contribution is 1.07. The maximum absolute atomic E-state index is 5.05. The van der Waals surface area contributed by atoms with Gasteiger partial charge in [0.25, 0.3) is 0 Å². The zero-order valence-corrected chi connectivity index (χ0v) is 28.1. The van der Waals surface area contributed by atoms with Gasteiger partial charge in [0.2, 0.25) is 0 Å². The normalized spacial score (nSPS) is 11.5. The molecule has 0 aliphatic rings. The summed E-state index contributed by atoms with van der Waals surface area (Å²) in [5, 5.41) is 3.60. The number of rotatable bonds is 6. The van der Waals surface area contributed by atoms with Crippen LogP contribution < -0.4 is 0 Å². The standard InChI is InChI=1S/C47H31N5/c1-5-16-32(17-6-1)45-48-46(33-18-7-2-8-19-33)50-47(49-45)35-21-15-20-34(30-35)40-31-41-38-26-13-14-27-42(38)52(37-24-11-4-12-25-37)44(41)39-28-29-51(43(39)40)36-22-9-3-10-23-36/h1-31H. The molecule has 52 heavy (non-hydrogen) atoms. The van der Waals surface area contributed by atoms with Gasteiger partial charge in [-0.05, 0) is 54.1 Å². The molecule has 0 radical (unpaired) electrons. The summed E-state index contributed by atoms with van der Waals surface area (Å²) >= 11 is 0. The van der Waals surface area contributed by atoms with Crippen LogP contribution in [-0.4, -0.2) is 24.1 Å². The zero-order valence-electron chi connectivity index (χ0n) is 28.1. The van der Waals surface area contributed by atoms with Crippen molar-refractivity contribution in [2.45, 2.75) is 0 Å². The van der Waals surface area contributed by atoms with Crippen LogP contribution >= 0.6 is 0 Å². The molecule has 3 heterocycles. The summed E-state index contributed by atoms with van der Waals surface area (Å²) in [5.74, 6) is 1.92. The predicted octanol–water partition coefficient (Wildman–Crippen LogP) is 11.6. The van der Waals surface area contributed by atoms with Gasteiger partial charge in [-0.2, -0.15) is 0 Å². The Morgan fingerprint density at radius 2 is 0.865 bits per heavy atom. The molecule has 0 atom stereocenters. The van der Waals surface area contributed by atoms with E-state index in [2.05, 4.69) is 137 Å². The van der Waals surface area contributed by atoms with Crippen LogP contribution in [0.2, 0.25) is 0 Å². The van der Waals surface area contributed by atoms with Crippen molar-refractivity contribution in [3.8, 4) is 56.7 Å². The Bertz CT molecular complexity index is 2820. The second-order valence-electron chi connectivity index (χ2n) is 12.9. The first kappa shape index (κ1) is 29.8. The topological polar surface area (TPSA) is 48.5 Å². The third-order valence-electron chi connectivity index (χ3n) is 9.78. The Morgan fingerprint density at radius 3 is 1.52 bits per heavy atom. The largest absolute Gasteiger partial charge is 0.316 e. The summed E-state index contributed by atoms with van der Waals surface area (Å²) in [7, 11) is 0. The number of aromatic nitrogens is 5. The number of benzene rings is 7. The second kappa shape index (κ2) is 12.3. The van der Waals surface area contributed by atoms with Gasteiger partial charge in [0, 0.05) is 56.0 Å². The number of fused-ring (bicyclic) bond motifs is 5. The Hall–Kier alpha value is -7.11.